The third-order valence-electron chi connectivity index (χ3n) is 11.5. The lowest BCUT2D eigenvalue weighted by Crippen LogP contribution is -2.52. The third kappa shape index (κ3) is 10.5. The number of nitrogens with one attached hydrogen (secondary N) is 4. The summed E-state index contributed by atoms with van der Waals surface area (Å²) in [5.74, 6) is -0.197. The van der Waals surface area contributed by atoms with Crippen molar-refractivity contribution in [1.29, 1.82) is 0 Å². The van der Waals surface area contributed by atoms with E-state index in [0.717, 1.165) is 35.3 Å². The van der Waals surface area contributed by atoms with E-state index >= 15 is 0 Å². The molecule has 6 amide bonds. The predicted molar refractivity (Wildman–Crippen MR) is 229 cm³/mol. The molecule has 4 N–H and O–H groups in total. The number of piperazine rings is 1. The van der Waals surface area contributed by atoms with Gasteiger partial charge in [-0.3, -0.25) is 24.5 Å². The lowest BCUT2D eigenvalue weighted by molar-refractivity contribution is -0.137. The van der Waals surface area contributed by atoms with E-state index in [-0.39, 0.29) is 36.7 Å². The second-order valence-corrected chi connectivity index (χ2v) is 15.8. The summed E-state index contributed by atoms with van der Waals surface area (Å²) in [5.41, 5.74) is 5.79. The number of pyridine rings is 1. The number of hydrogen-bond acceptors (Lipinski definition) is 14. The molecule has 63 heavy (non-hydrogen) atoms. The molecule has 20 nitrogen and oxygen atoms in total. The maximum Gasteiger partial charge on any atom is 0.323 e. The number of carbonyl (C=O) groups excluding carboxylic acids is 5. The Morgan fingerprint density at radius 3 is 2.46 bits per heavy atom. The van der Waals surface area contributed by atoms with Gasteiger partial charge in [-0.25, -0.2) is 19.3 Å². The molecule has 20 heteroatoms. The number of rotatable bonds is 18. The molecule has 2 atom stereocenters. The monoisotopic (exact) mass is 867 g/mol. The van der Waals surface area contributed by atoms with Crippen molar-refractivity contribution in [3.8, 4) is 0 Å². The molecule has 0 spiro atoms. The molecule has 3 fully saturated rings. The maximum absolute atomic E-state index is 13.0. The number of anilines is 4. The fourth-order valence-electron chi connectivity index (χ4n) is 8.28. The number of imide groups is 1. The van der Waals surface area contributed by atoms with Gasteiger partial charge in [0.1, 0.15) is 18.0 Å². The Bertz CT molecular complexity index is 2310. The second-order valence-electron chi connectivity index (χ2n) is 15.8. The van der Waals surface area contributed by atoms with Crippen molar-refractivity contribution in [2.24, 2.45) is 0 Å². The number of carbonyl (C=O) groups is 5. The van der Waals surface area contributed by atoms with E-state index in [1.807, 2.05) is 30.0 Å². The Hall–Kier alpha value is -6.22. The van der Waals surface area contributed by atoms with Gasteiger partial charge in [0.2, 0.25) is 17.7 Å². The Labute approximate surface area is 363 Å². The SMILES string of the molecule is Cc1cc(NC(=O)Nc2cnc3ccnn3c2C2CCCO2)cnc1NCCOCCOCCOCCC(=O)N1CCN(c2ccc3c(c2)CN(C2CCC(=O)NC2=O)C3=O)CC1. The van der Waals surface area contributed by atoms with Crippen molar-refractivity contribution >= 4 is 58.2 Å². The molecule has 8 rings (SSSR count). The van der Waals surface area contributed by atoms with E-state index in [2.05, 4.69) is 41.2 Å². The summed E-state index contributed by atoms with van der Waals surface area (Å²) < 4.78 is 24.5. The summed E-state index contributed by atoms with van der Waals surface area (Å²) in [7, 11) is 0. The standard InChI is InChI=1S/C43H53N11O9/c1-28-23-30(48-43(59)49-33-26-45-36-8-10-47-54(36)39(33)35-3-2-16-63-35)25-46-40(28)44-11-18-61-20-22-62-21-19-60-17-9-38(56)52-14-12-51(13-15-52)31-4-5-32-29(24-31)27-53(42(32)58)34-6-7-37(55)50-41(34)57/h4-5,8,10,23-26,34-35H,2-3,6-7,9,11-22,27H2,1H3,(H,44,46)(H2,48,49,59)(H,50,55,57). The summed E-state index contributed by atoms with van der Waals surface area (Å²) in [5, 5.41) is 15.7. The molecule has 0 bridgehead atoms. The van der Waals surface area contributed by atoms with E-state index in [9.17, 15) is 24.0 Å². The first-order valence-corrected chi connectivity index (χ1v) is 21.5. The average Bonchev–Trinajstić information content (AvgIpc) is 4.06. The van der Waals surface area contributed by atoms with E-state index in [1.54, 1.807) is 40.1 Å². The van der Waals surface area contributed by atoms with Crippen molar-refractivity contribution in [2.75, 3.05) is 99.8 Å². The van der Waals surface area contributed by atoms with Crippen LogP contribution in [-0.2, 0) is 39.9 Å². The first-order chi connectivity index (χ1) is 30.7. The molecular formula is C43H53N11O9. The number of amides is 6. The van der Waals surface area contributed by atoms with Gasteiger partial charge in [-0.15, -0.1) is 0 Å². The van der Waals surface area contributed by atoms with Crippen LogP contribution in [0.1, 0.15) is 65.4 Å². The van der Waals surface area contributed by atoms with E-state index in [0.29, 0.717) is 120 Å². The number of urea groups is 1. The predicted octanol–water partition coefficient (Wildman–Crippen LogP) is 2.89. The third-order valence-corrected chi connectivity index (χ3v) is 11.5. The fourth-order valence-corrected chi connectivity index (χ4v) is 8.28. The lowest BCUT2D eigenvalue weighted by Gasteiger charge is -2.36. The molecule has 1 aromatic carbocycles. The number of ether oxygens (including phenoxy) is 4. The maximum atomic E-state index is 13.0. The van der Waals surface area contributed by atoms with Crippen molar-refractivity contribution in [2.45, 2.75) is 57.7 Å². The van der Waals surface area contributed by atoms with Gasteiger partial charge in [0, 0.05) is 69.6 Å². The number of hydrogen-bond donors (Lipinski definition) is 4. The van der Waals surface area contributed by atoms with E-state index < -0.39 is 18.0 Å². The summed E-state index contributed by atoms with van der Waals surface area (Å²) in [6.45, 7) is 8.25. The summed E-state index contributed by atoms with van der Waals surface area (Å²) in [6.07, 6.45) is 7.31. The Balaban J connectivity index is 0.649. The van der Waals surface area contributed by atoms with Gasteiger partial charge in [-0.1, -0.05) is 0 Å². The zero-order chi connectivity index (χ0) is 43.7. The van der Waals surface area contributed by atoms with Crippen LogP contribution in [0.5, 0.6) is 0 Å². The lowest BCUT2D eigenvalue weighted by atomic mass is 10.0. The largest absolute Gasteiger partial charge is 0.379 e. The topological polar surface area (TPSA) is 223 Å². The van der Waals surface area contributed by atoms with Crippen molar-refractivity contribution in [3.05, 3.63) is 71.3 Å². The highest BCUT2D eigenvalue weighted by Crippen LogP contribution is 2.34. The molecule has 0 aliphatic carbocycles. The van der Waals surface area contributed by atoms with Crippen LogP contribution >= 0.6 is 0 Å². The minimum absolute atomic E-state index is 0.0417. The zero-order valence-electron chi connectivity index (χ0n) is 35.3. The fraction of sp³-hybridized carbons (Fsp3) is 0.488. The highest BCUT2D eigenvalue weighted by atomic mass is 16.5. The van der Waals surface area contributed by atoms with Crippen LogP contribution in [0, 0.1) is 6.92 Å². The minimum Gasteiger partial charge on any atom is -0.379 e. The van der Waals surface area contributed by atoms with Crippen LogP contribution in [0.25, 0.3) is 5.65 Å². The van der Waals surface area contributed by atoms with Crippen LogP contribution in [0.3, 0.4) is 0 Å². The molecule has 3 aromatic heterocycles. The average molecular weight is 868 g/mol. The number of benzene rings is 1. The molecule has 4 aliphatic rings. The van der Waals surface area contributed by atoms with Crippen LogP contribution in [-0.4, -0.2) is 144 Å². The first kappa shape index (κ1) is 43.4. The number of aryl methyl sites for hydroxylation is 1. The quantitative estimate of drug-likeness (QED) is 0.0835. The van der Waals surface area contributed by atoms with Crippen LogP contribution in [0.2, 0.25) is 0 Å². The minimum atomic E-state index is -0.644. The van der Waals surface area contributed by atoms with Gasteiger partial charge in [-0.05, 0) is 61.6 Å². The van der Waals surface area contributed by atoms with Crippen LogP contribution < -0.4 is 26.2 Å². The highest BCUT2D eigenvalue weighted by Gasteiger charge is 2.39. The van der Waals surface area contributed by atoms with Gasteiger partial charge in [0.05, 0.1) is 81.7 Å². The summed E-state index contributed by atoms with van der Waals surface area (Å²) in [6, 6.07) is 8.28. The smallest absolute Gasteiger partial charge is 0.323 e. The van der Waals surface area contributed by atoms with Crippen molar-refractivity contribution in [1.82, 2.24) is 34.7 Å². The van der Waals surface area contributed by atoms with Crippen molar-refractivity contribution in [3.63, 3.8) is 0 Å². The number of piperidine rings is 1. The van der Waals surface area contributed by atoms with Gasteiger partial charge in [0.25, 0.3) is 5.91 Å². The van der Waals surface area contributed by atoms with Crippen LogP contribution in [0.15, 0.2) is 48.9 Å². The Morgan fingerprint density at radius 2 is 1.70 bits per heavy atom. The van der Waals surface area contributed by atoms with Gasteiger partial charge in [0.15, 0.2) is 5.65 Å². The molecule has 7 heterocycles. The molecular weight excluding hydrogens is 815 g/mol. The first-order valence-electron chi connectivity index (χ1n) is 21.5. The summed E-state index contributed by atoms with van der Waals surface area (Å²) >= 11 is 0. The van der Waals surface area contributed by atoms with E-state index in [1.165, 1.54) is 0 Å². The molecule has 2 unspecified atom stereocenters. The molecule has 3 saturated heterocycles. The number of nitrogens with zero attached hydrogens (tertiary/aromatic N) is 7. The zero-order valence-corrected chi connectivity index (χ0v) is 35.3. The highest BCUT2D eigenvalue weighted by molar-refractivity contribution is 6.05. The van der Waals surface area contributed by atoms with Crippen LogP contribution in [0.4, 0.5) is 27.7 Å². The molecule has 0 radical (unpaired) electrons. The van der Waals surface area contributed by atoms with Crippen molar-refractivity contribution < 1.29 is 42.9 Å². The molecule has 334 valence electrons. The Morgan fingerprint density at radius 1 is 0.905 bits per heavy atom. The number of fused-ring (bicyclic) bond motifs is 2. The van der Waals surface area contributed by atoms with Gasteiger partial charge >= 0.3 is 6.03 Å². The summed E-state index contributed by atoms with van der Waals surface area (Å²) in [4.78, 5) is 77.3. The van der Waals surface area contributed by atoms with Gasteiger partial charge < -0.3 is 49.6 Å². The van der Waals surface area contributed by atoms with E-state index in [4.69, 9.17) is 18.9 Å². The second kappa shape index (κ2) is 20.3. The normalized spacial score (nSPS) is 18.8. The van der Waals surface area contributed by atoms with Gasteiger partial charge in [-0.2, -0.15) is 5.10 Å². The Kier molecular flexibility index (Phi) is 14.0. The molecule has 4 aromatic rings. The molecule has 0 saturated carbocycles. The number of aromatic nitrogens is 4. The molecule has 4 aliphatic heterocycles.